The first-order valence-corrected chi connectivity index (χ1v) is 7.52. The molecular weight excluding hydrogens is 250 g/mol. The Kier molecular flexibility index (Phi) is 6.50. The molecule has 2 unspecified atom stereocenters. The number of nitrogens with one attached hydrogen (secondary N) is 1. The summed E-state index contributed by atoms with van der Waals surface area (Å²) in [6.07, 6.45) is 1.09. The van der Waals surface area contributed by atoms with Crippen molar-refractivity contribution in [2.45, 2.75) is 58.8 Å². The van der Waals surface area contributed by atoms with Crippen molar-refractivity contribution >= 4 is 0 Å². The molecule has 0 fully saturated rings. The monoisotopic (exact) mass is 279 g/mol. The van der Waals surface area contributed by atoms with Crippen molar-refractivity contribution in [2.24, 2.45) is 0 Å². The average Bonchev–Trinajstić information content (AvgIpc) is 2.44. The van der Waals surface area contributed by atoms with Gasteiger partial charge in [0.15, 0.2) is 0 Å². The van der Waals surface area contributed by atoms with E-state index in [1.165, 1.54) is 0 Å². The molecule has 0 aliphatic rings. The molecule has 0 saturated carbocycles. The van der Waals surface area contributed by atoms with E-state index in [2.05, 4.69) is 38.2 Å². The van der Waals surface area contributed by atoms with Crippen LogP contribution in [0.4, 0.5) is 0 Å². The van der Waals surface area contributed by atoms with Gasteiger partial charge in [-0.25, -0.2) is 0 Å². The number of para-hydroxylation sites is 1. The molecule has 20 heavy (non-hydrogen) atoms. The van der Waals surface area contributed by atoms with Gasteiger partial charge >= 0.3 is 0 Å². The Hall–Kier alpha value is -1.06. The summed E-state index contributed by atoms with van der Waals surface area (Å²) in [6.45, 7) is 11.4. The van der Waals surface area contributed by atoms with Crippen LogP contribution in [0.1, 0.15) is 52.6 Å². The zero-order valence-corrected chi connectivity index (χ0v) is 13.7. The van der Waals surface area contributed by atoms with Gasteiger partial charge in [0.25, 0.3) is 0 Å². The minimum atomic E-state index is -0.257. The van der Waals surface area contributed by atoms with E-state index in [-0.39, 0.29) is 17.7 Å². The Bertz CT molecular complexity index is 400. The van der Waals surface area contributed by atoms with Gasteiger partial charge in [0.2, 0.25) is 0 Å². The Morgan fingerprint density at radius 3 is 2.35 bits per heavy atom. The van der Waals surface area contributed by atoms with Crippen LogP contribution in [0, 0.1) is 0 Å². The molecule has 0 bridgehead atoms. The van der Waals surface area contributed by atoms with Gasteiger partial charge in [-0.05, 0) is 39.8 Å². The van der Waals surface area contributed by atoms with E-state index in [0.29, 0.717) is 0 Å². The fourth-order valence-corrected chi connectivity index (χ4v) is 2.41. The van der Waals surface area contributed by atoms with Crippen LogP contribution in [0.2, 0.25) is 0 Å². The predicted octanol–water partition coefficient (Wildman–Crippen LogP) is 3.94. The molecule has 0 spiro atoms. The van der Waals surface area contributed by atoms with Gasteiger partial charge in [-0.15, -0.1) is 0 Å². The molecule has 0 heterocycles. The molecule has 114 valence electrons. The van der Waals surface area contributed by atoms with Crippen molar-refractivity contribution in [1.82, 2.24) is 5.32 Å². The second-order valence-corrected chi connectivity index (χ2v) is 5.57. The third-order valence-corrected chi connectivity index (χ3v) is 3.78. The molecular formula is C17H29NO2. The van der Waals surface area contributed by atoms with E-state index < -0.39 is 0 Å². The van der Waals surface area contributed by atoms with Crippen LogP contribution in [0.3, 0.4) is 0 Å². The van der Waals surface area contributed by atoms with Crippen LogP contribution in [0.5, 0.6) is 5.75 Å². The summed E-state index contributed by atoms with van der Waals surface area (Å²) in [5.41, 5.74) is 0.904. The summed E-state index contributed by atoms with van der Waals surface area (Å²) >= 11 is 0. The topological polar surface area (TPSA) is 30.5 Å². The molecule has 1 aromatic rings. The maximum atomic E-state index is 5.96. The fraction of sp³-hybridized carbons (Fsp3) is 0.647. The van der Waals surface area contributed by atoms with Crippen molar-refractivity contribution in [3.8, 4) is 5.75 Å². The van der Waals surface area contributed by atoms with E-state index >= 15 is 0 Å². The fourth-order valence-electron chi connectivity index (χ4n) is 2.41. The molecule has 0 aliphatic carbocycles. The lowest BCUT2D eigenvalue weighted by Crippen LogP contribution is -2.43. The van der Waals surface area contributed by atoms with E-state index in [1.54, 1.807) is 7.11 Å². The predicted molar refractivity (Wildman–Crippen MR) is 84.3 cm³/mol. The summed E-state index contributed by atoms with van der Waals surface area (Å²) in [6, 6.07) is 8.33. The lowest BCUT2D eigenvalue weighted by atomic mass is 9.87. The molecule has 1 aromatic carbocycles. The first-order chi connectivity index (χ1) is 9.48. The summed E-state index contributed by atoms with van der Waals surface area (Å²) < 4.78 is 11.8. The number of ether oxygens (including phenoxy) is 2. The molecule has 2 atom stereocenters. The van der Waals surface area contributed by atoms with Gasteiger partial charge in [0, 0.05) is 12.7 Å². The van der Waals surface area contributed by atoms with E-state index in [1.807, 2.05) is 26.0 Å². The van der Waals surface area contributed by atoms with Crippen LogP contribution < -0.4 is 10.1 Å². The summed E-state index contributed by atoms with van der Waals surface area (Å²) in [5.74, 6) is 0.935. The highest BCUT2D eigenvalue weighted by atomic mass is 16.5. The number of methoxy groups -OCH3 is 1. The Labute approximate surface area is 123 Å². The molecule has 3 heteroatoms. The summed E-state index contributed by atoms with van der Waals surface area (Å²) in [4.78, 5) is 0. The SMILES string of the molecule is CCNC(c1ccccc1OC(C)C)C(C)(CC)OC. The van der Waals surface area contributed by atoms with Crippen LogP contribution in [-0.2, 0) is 4.74 Å². The van der Waals surface area contributed by atoms with Gasteiger partial charge in [-0.2, -0.15) is 0 Å². The highest BCUT2D eigenvalue weighted by molar-refractivity contribution is 5.37. The molecule has 0 radical (unpaired) electrons. The third-order valence-electron chi connectivity index (χ3n) is 3.78. The van der Waals surface area contributed by atoms with E-state index in [0.717, 1.165) is 24.3 Å². The van der Waals surface area contributed by atoms with E-state index in [4.69, 9.17) is 9.47 Å². The average molecular weight is 279 g/mol. The number of hydrogen-bond acceptors (Lipinski definition) is 3. The van der Waals surface area contributed by atoms with Crippen LogP contribution in [-0.4, -0.2) is 25.4 Å². The number of benzene rings is 1. The Morgan fingerprint density at radius 2 is 1.85 bits per heavy atom. The Morgan fingerprint density at radius 1 is 1.20 bits per heavy atom. The molecule has 3 nitrogen and oxygen atoms in total. The van der Waals surface area contributed by atoms with Crippen molar-refractivity contribution in [2.75, 3.05) is 13.7 Å². The standard InChI is InChI=1S/C17H29NO2/c1-7-17(5,19-6)16(18-8-2)14-11-9-10-12-15(14)20-13(3)4/h9-13,16,18H,7-8H2,1-6H3. The van der Waals surface area contributed by atoms with Gasteiger partial charge in [0.1, 0.15) is 5.75 Å². The summed E-state index contributed by atoms with van der Waals surface area (Å²) in [7, 11) is 1.78. The number of rotatable bonds is 8. The van der Waals surface area contributed by atoms with Gasteiger partial charge in [-0.1, -0.05) is 32.0 Å². The molecule has 1 rings (SSSR count). The molecule has 0 aromatic heterocycles. The van der Waals surface area contributed by atoms with Crippen molar-refractivity contribution in [3.05, 3.63) is 29.8 Å². The summed E-state index contributed by atoms with van der Waals surface area (Å²) in [5, 5.41) is 3.55. The maximum absolute atomic E-state index is 5.96. The maximum Gasteiger partial charge on any atom is 0.124 e. The smallest absolute Gasteiger partial charge is 0.124 e. The first-order valence-electron chi connectivity index (χ1n) is 7.52. The van der Waals surface area contributed by atoms with Crippen LogP contribution in [0.15, 0.2) is 24.3 Å². The molecule has 0 aliphatic heterocycles. The van der Waals surface area contributed by atoms with Gasteiger partial charge < -0.3 is 14.8 Å². The second-order valence-electron chi connectivity index (χ2n) is 5.57. The third kappa shape index (κ3) is 3.97. The van der Waals surface area contributed by atoms with Crippen molar-refractivity contribution < 1.29 is 9.47 Å². The Balaban J connectivity index is 3.21. The molecule has 1 N–H and O–H groups in total. The quantitative estimate of drug-likeness (QED) is 0.782. The normalized spacial score (nSPS) is 15.9. The zero-order valence-electron chi connectivity index (χ0n) is 13.7. The second kappa shape index (κ2) is 7.65. The van der Waals surface area contributed by atoms with Crippen LogP contribution >= 0.6 is 0 Å². The largest absolute Gasteiger partial charge is 0.491 e. The highest BCUT2D eigenvalue weighted by Crippen LogP contribution is 2.36. The van der Waals surface area contributed by atoms with Gasteiger partial charge in [-0.3, -0.25) is 0 Å². The van der Waals surface area contributed by atoms with Crippen LogP contribution in [0.25, 0.3) is 0 Å². The van der Waals surface area contributed by atoms with Crippen molar-refractivity contribution in [1.29, 1.82) is 0 Å². The van der Waals surface area contributed by atoms with E-state index in [9.17, 15) is 0 Å². The minimum Gasteiger partial charge on any atom is -0.491 e. The molecule has 0 amide bonds. The number of hydrogen-bond donors (Lipinski definition) is 1. The zero-order chi connectivity index (χ0) is 15.2. The lowest BCUT2D eigenvalue weighted by molar-refractivity contribution is -0.0303. The highest BCUT2D eigenvalue weighted by Gasteiger charge is 2.35. The number of likely N-dealkylation sites (N-methyl/N-ethyl adjacent to an activating group) is 1. The first kappa shape index (κ1) is 17.0. The lowest BCUT2D eigenvalue weighted by Gasteiger charge is -2.37. The van der Waals surface area contributed by atoms with Crippen molar-refractivity contribution in [3.63, 3.8) is 0 Å². The molecule has 0 saturated heterocycles. The van der Waals surface area contributed by atoms with Gasteiger partial charge in [0.05, 0.1) is 17.7 Å². The minimum absolute atomic E-state index is 0.109.